The fourth-order valence-electron chi connectivity index (χ4n) is 2.22. The van der Waals surface area contributed by atoms with E-state index in [0.29, 0.717) is 0 Å². The Balaban J connectivity index is 2.09. The predicted octanol–water partition coefficient (Wildman–Crippen LogP) is 3.08. The molecule has 5 heteroatoms. The van der Waals surface area contributed by atoms with E-state index in [9.17, 15) is 4.39 Å². The van der Waals surface area contributed by atoms with Gasteiger partial charge in [0.1, 0.15) is 17.7 Å². The van der Waals surface area contributed by atoms with Crippen molar-refractivity contribution in [3.05, 3.63) is 53.2 Å². The maximum absolute atomic E-state index is 13.2. The third-order valence-corrected chi connectivity index (χ3v) is 4.35. The summed E-state index contributed by atoms with van der Waals surface area (Å²) in [6, 6.07) is 7.01. The Labute approximate surface area is 114 Å². The van der Waals surface area contributed by atoms with Gasteiger partial charge in [0.05, 0.1) is 0 Å². The molecule has 0 aliphatic heterocycles. The minimum absolute atomic E-state index is 0.0282. The lowest BCUT2D eigenvalue weighted by Gasteiger charge is -2.13. The average Bonchev–Trinajstić information content (AvgIpc) is 2.97. The van der Waals surface area contributed by atoms with Crippen LogP contribution in [0.2, 0.25) is 0 Å². The number of aryl methyl sites for hydroxylation is 1. The van der Waals surface area contributed by atoms with Gasteiger partial charge in [-0.2, -0.15) is 0 Å². The smallest absolute Gasteiger partial charge is 0.131 e. The van der Waals surface area contributed by atoms with E-state index in [1.807, 2.05) is 30.9 Å². The topological polar surface area (TPSA) is 29.9 Å². The molecule has 0 saturated heterocycles. The molecule has 3 rings (SSSR count). The number of thiophene rings is 1. The Morgan fingerprint density at radius 2 is 2.21 bits per heavy atom. The lowest BCUT2D eigenvalue weighted by Crippen LogP contribution is -2.20. The van der Waals surface area contributed by atoms with Crippen LogP contribution in [0, 0.1) is 5.82 Å². The van der Waals surface area contributed by atoms with Crippen LogP contribution in [-0.2, 0) is 7.05 Å². The molecule has 3 aromatic rings. The van der Waals surface area contributed by atoms with E-state index in [-0.39, 0.29) is 11.9 Å². The van der Waals surface area contributed by atoms with Gasteiger partial charge in [-0.15, -0.1) is 11.3 Å². The number of halogens is 1. The molecule has 0 aliphatic carbocycles. The Bertz CT molecular complexity index is 716. The van der Waals surface area contributed by atoms with Crippen molar-refractivity contribution in [2.75, 3.05) is 7.05 Å². The van der Waals surface area contributed by atoms with Gasteiger partial charge in [-0.1, -0.05) is 6.07 Å². The average molecular weight is 275 g/mol. The number of aromatic nitrogens is 2. The zero-order chi connectivity index (χ0) is 13.4. The maximum atomic E-state index is 13.2. The molecule has 0 aliphatic rings. The van der Waals surface area contributed by atoms with Gasteiger partial charge in [-0.25, -0.2) is 9.37 Å². The van der Waals surface area contributed by atoms with Gasteiger partial charge in [-0.05, 0) is 30.6 Å². The van der Waals surface area contributed by atoms with Gasteiger partial charge in [0.2, 0.25) is 0 Å². The summed E-state index contributed by atoms with van der Waals surface area (Å²) in [7, 11) is 3.88. The van der Waals surface area contributed by atoms with Crippen molar-refractivity contribution in [3.63, 3.8) is 0 Å². The lowest BCUT2D eigenvalue weighted by molar-refractivity contribution is 0.626. The molecule has 0 saturated carbocycles. The summed E-state index contributed by atoms with van der Waals surface area (Å²) in [6.45, 7) is 0. The molecule has 3 nitrogen and oxygen atoms in total. The van der Waals surface area contributed by atoms with Gasteiger partial charge < -0.3 is 9.88 Å². The van der Waals surface area contributed by atoms with Gasteiger partial charge >= 0.3 is 0 Å². The second kappa shape index (κ2) is 4.75. The largest absolute Gasteiger partial charge is 0.336 e. The lowest BCUT2D eigenvalue weighted by atomic mass is 10.2. The highest BCUT2D eigenvalue weighted by molar-refractivity contribution is 7.19. The van der Waals surface area contributed by atoms with E-state index in [1.165, 1.54) is 6.07 Å². The van der Waals surface area contributed by atoms with E-state index >= 15 is 0 Å². The number of imidazole rings is 1. The number of rotatable bonds is 3. The first kappa shape index (κ1) is 12.3. The van der Waals surface area contributed by atoms with Crippen LogP contribution in [0.3, 0.4) is 0 Å². The second-order valence-electron chi connectivity index (χ2n) is 4.45. The van der Waals surface area contributed by atoms with E-state index in [2.05, 4.69) is 16.4 Å². The number of nitrogens with one attached hydrogen (secondary N) is 1. The van der Waals surface area contributed by atoms with Crippen molar-refractivity contribution in [3.8, 4) is 0 Å². The summed E-state index contributed by atoms with van der Waals surface area (Å²) in [5.74, 6) is 0.758. The normalized spacial score (nSPS) is 13.0. The van der Waals surface area contributed by atoms with Gasteiger partial charge in [-0.3, -0.25) is 0 Å². The molecule has 0 amide bonds. The van der Waals surface area contributed by atoms with Crippen molar-refractivity contribution >= 4 is 21.4 Å². The molecular weight excluding hydrogens is 261 g/mol. The quantitative estimate of drug-likeness (QED) is 0.796. The fourth-order valence-corrected chi connectivity index (χ4v) is 3.42. The molecule has 2 heterocycles. The Morgan fingerprint density at radius 3 is 2.89 bits per heavy atom. The molecule has 1 aromatic carbocycles. The summed E-state index contributed by atoms with van der Waals surface area (Å²) in [6.07, 6.45) is 3.71. The predicted molar refractivity (Wildman–Crippen MR) is 75.9 cm³/mol. The summed E-state index contributed by atoms with van der Waals surface area (Å²) in [5.41, 5.74) is 0. The van der Waals surface area contributed by atoms with E-state index in [0.717, 1.165) is 20.8 Å². The van der Waals surface area contributed by atoms with Crippen molar-refractivity contribution in [1.82, 2.24) is 14.9 Å². The number of nitrogens with zero attached hydrogens (tertiary/aromatic N) is 2. The Hall–Kier alpha value is -1.72. The van der Waals surface area contributed by atoms with Crippen LogP contribution in [0.15, 0.2) is 36.7 Å². The summed E-state index contributed by atoms with van der Waals surface area (Å²) >= 11 is 1.60. The van der Waals surface area contributed by atoms with E-state index in [4.69, 9.17) is 0 Å². The molecule has 19 heavy (non-hydrogen) atoms. The van der Waals surface area contributed by atoms with Crippen LogP contribution in [0.4, 0.5) is 4.39 Å². The molecule has 2 aromatic heterocycles. The molecular formula is C14H14FN3S. The van der Waals surface area contributed by atoms with Gasteiger partial charge in [0.25, 0.3) is 0 Å². The highest BCUT2D eigenvalue weighted by Gasteiger charge is 2.18. The van der Waals surface area contributed by atoms with Crippen LogP contribution in [0.25, 0.3) is 10.1 Å². The number of hydrogen-bond acceptors (Lipinski definition) is 3. The molecule has 1 atom stereocenters. The van der Waals surface area contributed by atoms with Crippen molar-refractivity contribution in [2.24, 2.45) is 7.05 Å². The van der Waals surface area contributed by atoms with Crippen LogP contribution < -0.4 is 5.32 Å². The van der Waals surface area contributed by atoms with Crippen LogP contribution in [0.5, 0.6) is 0 Å². The van der Waals surface area contributed by atoms with E-state index < -0.39 is 0 Å². The SMILES string of the molecule is CNC(c1cc2ccc(F)cc2s1)c1nccn1C. The second-order valence-corrected chi connectivity index (χ2v) is 5.56. The van der Waals surface area contributed by atoms with Crippen LogP contribution >= 0.6 is 11.3 Å². The molecule has 0 bridgehead atoms. The third-order valence-electron chi connectivity index (χ3n) is 3.19. The highest BCUT2D eigenvalue weighted by atomic mass is 32.1. The maximum Gasteiger partial charge on any atom is 0.131 e. The monoisotopic (exact) mass is 275 g/mol. The molecule has 0 spiro atoms. The summed E-state index contributed by atoms with van der Waals surface area (Å²) < 4.78 is 16.2. The molecule has 0 fully saturated rings. The van der Waals surface area contributed by atoms with Gasteiger partial charge in [0.15, 0.2) is 0 Å². The minimum Gasteiger partial charge on any atom is -0.336 e. The van der Waals surface area contributed by atoms with E-state index in [1.54, 1.807) is 23.6 Å². The standard InChI is InChI=1S/C14H14FN3S/c1-16-13(14-17-5-6-18(14)2)12-7-9-3-4-10(15)8-11(9)19-12/h3-8,13,16H,1-2H3. The van der Waals surface area contributed by atoms with Crippen molar-refractivity contribution < 1.29 is 4.39 Å². The van der Waals surface area contributed by atoms with Crippen LogP contribution in [-0.4, -0.2) is 16.6 Å². The Kier molecular flexibility index (Phi) is 3.08. The van der Waals surface area contributed by atoms with Gasteiger partial charge in [0, 0.05) is 29.0 Å². The highest BCUT2D eigenvalue weighted by Crippen LogP contribution is 2.32. The molecule has 0 radical (unpaired) electrons. The first-order chi connectivity index (χ1) is 9.19. The first-order valence-corrected chi connectivity index (χ1v) is 6.84. The minimum atomic E-state index is -0.195. The molecule has 1 N–H and O–H groups in total. The zero-order valence-electron chi connectivity index (χ0n) is 10.7. The van der Waals surface area contributed by atoms with Crippen molar-refractivity contribution in [2.45, 2.75) is 6.04 Å². The number of hydrogen-bond donors (Lipinski definition) is 1. The third kappa shape index (κ3) is 2.15. The zero-order valence-corrected chi connectivity index (χ0v) is 11.5. The summed E-state index contributed by atoms with van der Waals surface area (Å²) in [5, 5.41) is 4.34. The number of fused-ring (bicyclic) bond motifs is 1. The first-order valence-electron chi connectivity index (χ1n) is 6.02. The number of benzene rings is 1. The fraction of sp³-hybridized carbons (Fsp3) is 0.214. The summed E-state index contributed by atoms with van der Waals surface area (Å²) in [4.78, 5) is 5.52. The molecule has 1 unspecified atom stereocenters. The van der Waals surface area contributed by atoms with Crippen molar-refractivity contribution in [1.29, 1.82) is 0 Å². The van der Waals surface area contributed by atoms with Crippen LogP contribution in [0.1, 0.15) is 16.7 Å². The molecule has 98 valence electrons. The Morgan fingerprint density at radius 1 is 1.37 bits per heavy atom.